The minimum atomic E-state index is -5.08. The fraction of sp³-hybridized carbons (Fsp3) is 0.386. The van der Waals surface area contributed by atoms with E-state index in [9.17, 15) is 31.1 Å². The Labute approximate surface area is 508 Å². The summed E-state index contributed by atoms with van der Waals surface area (Å²) in [6.07, 6.45) is -2.39. The molecule has 0 spiro atoms. The van der Waals surface area contributed by atoms with Gasteiger partial charge in [-0.05, 0) is 115 Å². The molecule has 0 radical (unpaired) electrons. The Bertz CT molecular complexity index is 3120. The highest BCUT2D eigenvalue weighted by molar-refractivity contribution is 6.37. The van der Waals surface area contributed by atoms with Crippen LogP contribution < -0.4 is 34.9 Å². The van der Waals surface area contributed by atoms with Crippen molar-refractivity contribution in [2.75, 3.05) is 57.6 Å². The van der Waals surface area contributed by atoms with Gasteiger partial charge in [0.05, 0.1) is 46.7 Å². The molecular weight excluding hydrogens is 1210 g/mol. The van der Waals surface area contributed by atoms with Crippen LogP contribution in [0.5, 0.6) is 23.0 Å². The molecule has 8 rings (SSSR count). The number of halogens is 10. The number of nitrogens with one attached hydrogen (secondary N) is 3. The predicted octanol–water partition coefficient (Wildman–Crippen LogP) is 14.3. The number of aromatic nitrogens is 4. The summed E-state index contributed by atoms with van der Waals surface area (Å²) in [5.74, 6) is -1.85. The number of ether oxygens (including phenoxy) is 4. The van der Waals surface area contributed by atoms with Gasteiger partial charge in [-0.1, -0.05) is 59.9 Å². The maximum atomic E-state index is 11.8. The maximum absolute atomic E-state index is 11.8. The van der Waals surface area contributed by atoms with Crippen LogP contribution in [0.4, 0.5) is 49.4 Å². The Kier molecular flexibility index (Phi) is 29.5. The second kappa shape index (κ2) is 34.8. The molecule has 0 unspecified atom stereocenters. The topological polar surface area (TPSA) is 223 Å². The zero-order chi connectivity index (χ0) is 63.8. The van der Waals surface area contributed by atoms with Crippen molar-refractivity contribution in [1.82, 2.24) is 35.1 Å². The molecule has 0 atom stereocenters. The molecule has 0 aliphatic carbocycles. The van der Waals surface area contributed by atoms with Gasteiger partial charge in [-0.2, -0.15) is 26.3 Å². The normalized spacial score (nSPS) is 13.4. The summed E-state index contributed by atoms with van der Waals surface area (Å²) in [6.45, 7) is 25.0. The van der Waals surface area contributed by atoms with Crippen LogP contribution in [0.1, 0.15) is 60.3 Å². The standard InChI is InChI=1S/C23H22Cl2N4O3.C20H20Cl2N4O2.C8H19N.2C2HF3O2.C2H4/c1-3-22(30)29-8-6-15(7-9-29)32-21-11-16-19(12-20(21)31-2)26-13-27-23(16)28-18-5-4-14(24)10-17(18)25;1-27-18-10-17-14(9-19(18)28-13-4-6-23-7-5-13)20(25-11-24-17)26-16-3-2-12(21)8-15(16)22;1-6-9(7(2)3)8(4)5;2*3-2(4,5)1(6)7;1-2/h3-5,10-13,15H,1,6-9H2,2H3,(H,26,27,28);2-3,8-11,13,23H,4-7H2,1H3,(H,24,25,26);7-8H,6H2,1-5H3;2*(H,6,7);1-2H2. The highest BCUT2D eigenvalue weighted by atomic mass is 35.5. The second-order valence-electron chi connectivity index (χ2n) is 18.5. The Hall–Kier alpha value is -7.09. The number of piperidine rings is 2. The van der Waals surface area contributed by atoms with Crippen molar-refractivity contribution in [3.8, 4) is 23.0 Å². The molecule has 2 aliphatic rings. The van der Waals surface area contributed by atoms with Gasteiger partial charge in [0.15, 0.2) is 23.0 Å². The molecule has 2 saturated heterocycles. The molecule has 5 N–H and O–H groups in total. The number of benzene rings is 4. The molecule has 85 heavy (non-hydrogen) atoms. The van der Waals surface area contributed by atoms with Crippen molar-refractivity contribution in [1.29, 1.82) is 0 Å². The van der Waals surface area contributed by atoms with E-state index < -0.39 is 24.3 Å². The predicted molar refractivity (Wildman–Crippen MR) is 320 cm³/mol. The van der Waals surface area contributed by atoms with Crippen molar-refractivity contribution >= 4 is 109 Å². The molecule has 1 amide bonds. The van der Waals surface area contributed by atoms with E-state index in [1.165, 1.54) is 18.7 Å². The van der Waals surface area contributed by atoms with E-state index in [2.05, 4.69) is 95.1 Å². The van der Waals surface area contributed by atoms with Crippen molar-refractivity contribution in [2.45, 2.75) is 96.9 Å². The van der Waals surface area contributed by atoms with Crippen molar-refractivity contribution in [3.63, 3.8) is 0 Å². The van der Waals surface area contributed by atoms with E-state index in [1.807, 2.05) is 30.3 Å². The summed E-state index contributed by atoms with van der Waals surface area (Å²) in [5.41, 5.74) is 2.83. The fourth-order valence-corrected chi connectivity index (χ4v) is 9.10. The highest BCUT2D eigenvalue weighted by Gasteiger charge is 2.39. The molecular formula is C57H67Cl4F6N9O9. The summed E-state index contributed by atoms with van der Waals surface area (Å²) < 4.78 is 87.1. The maximum Gasteiger partial charge on any atom is 0.490 e. The van der Waals surface area contributed by atoms with Crippen LogP contribution in [-0.2, 0) is 14.4 Å². The van der Waals surface area contributed by atoms with Crippen LogP contribution in [0.25, 0.3) is 21.8 Å². The van der Waals surface area contributed by atoms with Crippen molar-refractivity contribution in [2.24, 2.45) is 0 Å². The number of nitrogens with zero attached hydrogens (tertiary/aromatic N) is 6. The number of amides is 1. The molecule has 4 aromatic carbocycles. The lowest BCUT2D eigenvalue weighted by Crippen LogP contribution is -2.41. The van der Waals surface area contributed by atoms with Crippen molar-refractivity contribution < 1.29 is 69.9 Å². The molecule has 464 valence electrons. The summed E-state index contributed by atoms with van der Waals surface area (Å²) >= 11 is 24.6. The Morgan fingerprint density at radius 2 is 1.05 bits per heavy atom. The van der Waals surface area contributed by atoms with Gasteiger partial charge in [0.1, 0.15) is 36.5 Å². The monoisotopic (exact) mass is 1280 g/mol. The van der Waals surface area contributed by atoms with E-state index in [0.717, 1.165) is 61.6 Å². The lowest BCUT2D eigenvalue weighted by Gasteiger charge is -2.31. The number of carboxylic acids is 2. The lowest BCUT2D eigenvalue weighted by atomic mass is 10.1. The van der Waals surface area contributed by atoms with E-state index in [0.29, 0.717) is 96.8 Å². The number of alkyl halides is 6. The van der Waals surface area contributed by atoms with Crippen LogP contribution in [0, 0.1) is 0 Å². The average Bonchev–Trinajstić information content (AvgIpc) is 1.88. The first-order valence-electron chi connectivity index (χ1n) is 26.0. The molecule has 2 aromatic heterocycles. The highest BCUT2D eigenvalue weighted by Crippen LogP contribution is 2.39. The van der Waals surface area contributed by atoms with E-state index >= 15 is 0 Å². The molecule has 28 heteroatoms. The number of likely N-dealkylation sites (tertiary alicyclic amines) is 1. The third-order valence-electron chi connectivity index (χ3n) is 12.2. The van der Waals surface area contributed by atoms with Crippen LogP contribution in [0.15, 0.2) is 99.1 Å². The van der Waals surface area contributed by atoms with E-state index in [4.69, 9.17) is 85.2 Å². The molecule has 0 bridgehead atoms. The quantitative estimate of drug-likeness (QED) is 0.0388. The Morgan fingerprint density at radius 3 is 1.35 bits per heavy atom. The smallest absolute Gasteiger partial charge is 0.490 e. The van der Waals surface area contributed by atoms with Crippen LogP contribution in [0.3, 0.4) is 0 Å². The SMILES string of the molecule is C=C.C=CC(=O)N1CCC(Oc2cc3c(Nc4ccc(Cl)cc4Cl)ncnc3cc2OC)CC1.CCN(C(C)C)C(C)C.COc1cc2ncnc(Nc3ccc(Cl)cc3Cl)c2cc1OC1CCNCC1.O=C(O)C(F)(F)F.O=C(O)C(F)(F)F. The number of carbonyl (C=O) groups is 3. The van der Waals surface area contributed by atoms with E-state index in [1.54, 1.807) is 49.5 Å². The number of aliphatic carboxylic acids is 2. The number of carbonyl (C=O) groups excluding carboxylic acids is 1. The number of fused-ring (bicyclic) bond motifs is 2. The fourth-order valence-electron chi connectivity index (χ4n) is 8.19. The van der Waals surface area contributed by atoms with Crippen LogP contribution in [0.2, 0.25) is 20.1 Å². The number of anilines is 4. The molecule has 2 aliphatic heterocycles. The first-order valence-corrected chi connectivity index (χ1v) is 27.5. The van der Waals surface area contributed by atoms with Gasteiger partial charge >= 0.3 is 24.3 Å². The zero-order valence-corrected chi connectivity index (χ0v) is 50.5. The first kappa shape index (κ1) is 72.2. The summed E-state index contributed by atoms with van der Waals surface area (Å²) in [5, 5.41) is 27.8. The molecule has 6 aromatic rings. The van der Waals surface area contributed by atoms with Crippen molar-refractivity contribution in [3.05, 3.63) is 119 Å². The number of hydrogen-bond donors (Lipinski definition) is 5. The summed E-state index contributed by atoms with van der Waals surface area (Å²) in [7, 11) is 3.22. The van der Waals surface area contributed by atoms with Gasteiger partial charge in [-0.25, -0.2) is 29.5 Å². The Balaban J connectivity index is 0.000000321. The van der Waals surface area contributed by atoms with Gasteiger partial charge in [-0.15, -0.1) is 13.2 Å². The third-order valence-corrected chi connectivity index (χ3v) is 13.3. The molecule has 0 saturated carbocycles. The van der Waals surface area contributed by atoms with Gasteiger partial charge in [-0.3, -0.25) is 9.69 Å². The van der Waals surface area contributed by atoms with Gasteiger partial charge in [0.25, 0.3) is 0 Å². The number of rotatable bonds is 14. The number of methoxy groups -OCH3 is 2. The zero-order valence-electron chi connectivity index (χ0n) is 47.5. The third kappa shape index (κ3) is 23.0. The largest absolute Gasteiger partial charge is 0.493 e. The number of carboxylic acid groups (broad SMARTS) is 2. The minimum absolute atomic E-state index is 0.0398. The summed E-state index contributed by atoms with van der Waals surface area (Å²) in [4.78, 5) is 51.3. The van der Waals surface area contributed by atoms with Gasteiger partial charge < -0.3 is 50.0 Å². The molecule has 2 fully saturated rings. The molecule has 4 heterocycles. The van der Waals surface area contributed by atoms with Crippen LogP contribution >= 0.6 is 46.4 Å². The van der Waals surface area contributed by atoms with Crippen LogP contribution in [-0.4, -0.2) is 141 Å². The minimum Gasteiger partial charge on any atom is -0.493 e. The van der Waals surface area contributed by atoms with E-state index in [-0.39, 0.29) is 18.1 Å². The Morgan fingerprint density at radius 1 is 0.671 bits per heavy atom. The first-order chi connectivity index (χ1) is 40.1. The van der Waals surface area contributed by atoms with Gasteiger partial charge in [0, 0.05) is 71.0 Å². The lowest BCUT2D eigenvalue weighted by molar-refractivity contribution is -0.193. The second-order valence-corrected chi connectivity index (χ2v) is 20.2. The number of hydrogen-bond acceptors (Lipinski definition) is 15. The molecule has 18 nitrogen and oxygen atoms in total. The summed E-state index contributed by atoms with van der Waals surface area (Å²) in [6, 6.07) is 19.3. The van der Waals surface area contributed by atoms with Gasteiger partial charge in [0.2, 0.25) is 5.91 Å². The average molecular weight is 1280 g/mol.